The number of hydrogen-bond donors (Lipinski definition) is 1. The smallest absolute Gasteiger partial charge is 0.0710 e. The van der Waals surface area contributed by atoms with E-state index in [-0.39, 0.29) is 0 Å². The maximum atomic E-state index is 3.26. The van der Waals surface area contributed by atoms with Gasteiger partial charge in [0.1, 0.15) is 0 Å². The lowest BCUT2D eigenvalue weighted by molar-refractivity contribution is 0.512. The van der Waals surface area contributed by atoms with Crippen molar-refractivity contribution < 1.29 is 0 Å². The minimum Gasteiger partial charge on any atom is -0.307 e. The lowest BCUT2D eigenvalue weighted by Gasteiger charge is -2.12. The third kappa shape index (κ3) is 4.18. The van der Waals surface area contributed by atoms with E-state index in [1.54, 1.807) is 0 Å². The van der Waals surface area contributed by atoms with Crippen LogP contribution in [0.1, 0.15) is 19.4 Å². The Hall–Kier alpha value is -1.26. The summed E-state index contributed by atoms with van der Waals surface area (Å²) < 4.78 is 0. The standard InChI is InChI=1S/C14H19N/c1-12(2)14(15-3)11-7-10-13-8-5-4-6-9-13/h4-6,8-9,12,14-15H,10H2,1-3H3. The van der Waals surface area contributed by atoms with Crippen LogP contribution in [0.15, 0.2) is 30.3 Å². The monoisotopic (exact) mass is 201 g/mol. The lowest BCUT2D eigenvalue weighted by atomic mass is 10.0. The highest BCUT2D eigenvalue weighted by atomic mass is 14.9. The third-order valence-electron chi connectivity index (χ3n) is 2.37. The molecule has 0 amide bonds. The van der Waals surface area contributed by atoms with E-state index in [9.17, 15) is 0 Å². The predicted octanol–water partition coefficient (Wildman–Crippen LogP) is 2.48. The molecule has 1 N–H and O–H groups in total. The zero-order valence-electron chi connectivity index (χ0n) is 9.75. The van der Waals surface area contributed by atoms with Gasteiger partial charge in [0.2, 0.25) is 0 Å². The zero-order chi connectivity index (χ0) is 11.1. The summed E-state index contributed by atoms with van der Waals surface area (Å²) in [5, 5.41) is 3.21. The van der Waals surface area contributed by atoms with Gasteiger partial charge < -0.3 is 5.32 Å². The average Bonchev–Trinajstić information content (AvgIpc) is 2.25. The molecule has 0 aliphatic heterocycles. The van der Waals surface area contributed by atoms with Gasteiger partial charge in [-0.15, -0.1) is 0 Å². The Kier molecular flexibility index (Phi) is 4.93. The number of benzene rings is 1. The van der Waals surface area contributed by atoms with Gasteiger partial charge in [0.15, 0.2) is 0 Å². The van der Waals surface area contributed by atoms with Gasteiger partial charge in [-0.25, -0.2) is 0 Å². The molecule has 0 spiro atoms. The van der Waals surface area contributed by atoms with Crippen LogP contribution in [0, 0.1) is 17.8 Å². The number of hydrogen-bond acceptors (Lipinski definition) is 1. The van der Waals surface area contributed by atoms with Crippen molar-refractivity contribution in [3.05, 3.63) is 35.9 Å². The van der Waals surface area contributed by atoms with Crippen LogP contribution in [0.2, 0.25) is 0 Å². The molecule has 0 aliphatic rings. The van der Waals surface area contributed by atoms with Crippen LogP contribution in [-0.4, -0.2) is 13.1 Å². The first-order valence-electron chi connectivity index (χ1n) is 5.43. The SMILES string of the molecule is CNC(C#CCc1ccccc1)C(C)C. The van der Waals surface area contributed by atoms with Gasteiger partial charge in [0, 0.05) is 6.42 Å². The normalized spacial score (nSPS) is 12.0. The molecule has 80 valence electrons. The summed E-state index contributed by atoms with van der Waals surface area (Å²) >= 11 is 0. The quantitative estimate of drug-likeness (QED) is 0.741. The second-order valence-electron chi connectivity index (χ2n) is 3.99. The summed E-state index contributed by atoms with van der Waals surface area (Å²) in [5.74, 6) is 7.03. The van der Waals surface area contributed by atoms with Crippen LogP contribution >= 0.6 is 0 Å². The first-order chi connectivity index (χ1) is 7.24. The summed E-state index contributed by atoms with van der Waals surface area (Å²) in [4.78, 5) is 0. The molecular formula is C14H19N. The lowest BCUT2D eigenvalue weighted by Crippen LogP contribution is -2.28. The third-order valence-corrected chi connectivity index (χ3v) is 2.37. The van der Waals surface area contributed by atoms with Crippen LogP contribution in [0.4, 0.5) is 0 Å². The molecule has 1 heteroatoms. The summed E-state index contributed by atoms with van der Waals surface area (Å²) in [6.45, 7) is 4.36. The number of nitrogens with one attached hydrogen (secondary N) is 1. The Bertz CT molecular complexity index is 329. The Balaban J connectivity index is 2.52. The molecule has 1 aromatic rings. The molecule has 0 bridgehead atoms. The van der Waals surface area contributed by atoms with Crippen molar-refractivity contribution in [3.63, 3.8) is 0 Å². The molecule has 0 fully saturated rings. The molecule has 15 heavy (non-hydrogen) atoms. The van der Waals surface area contributed by atoms with Crippen molar-refractivity contribution in [2.75, 3.05) is 7.05 Å². The maximum absolute atomic E-state index is 3.26. The van der Waals surface area contributed by atoms with E-state index < -0.39 is 0 Å². The molecule has 0 aliphatic carbocycles. The van der Waals surface area contributed by atoms with Crippen LogP contribution in [0.5, 0.6) is 0 Å². The van der Waals surface area contributed by atoms with E-state index in [1.807, 2.05) is 13.1 Å². The van der Waals surface area contributed by atoms with E-state index in [2.05, 4.69) is 55.3 Å². The Morgan fingerprint density at radius 1 is 1.20 bits per heavy atom. The van der Waals surface area contributed by atoms with Gasteiger partial charge in [-0.05, 0) is 18.5 Å². The van der Waals surface area contributed by atoms with E-state index >= 15 is 0 Å². The topological polar surface area (TPSA) is 12.0 Å². The summed E-state index contributed by atoms with van der Waals surface area (Å²) in [6, 6.07) is 10.6. The molecule has 0 heterocycles. The minimum absolute atomic E-state index is 0.300. The van der Waals surface area contributed by atoms with Gasteiger partial charge in [-0.2, -0.15) is 0 Å². The summed E-state index contributed by atoms with van der Waals surface area (Å²) in [5.41, 5.74) is 1.28. The van der Waals surface area contributed by atoms with Crippen molar-refractivity contribution in [3.8, 4) is 11.8 Å². The second kappa shape index (κ2) is 6.27. The highest BCUT2D eigenvalue weighted by Crippen LogP contribution is 2.01. The minimum atomic E-state index is 0.300. The number of rotatable bonds is 3. The van der Waals surface area contributed by atoms with Gasteiger partial charge in [0.25, 0.3) is 0 Å². The molecular weight excluding hydrogens is 182 g/mol. The highest BCUT2D eigenvalue weighted by molar-refractivity contribution is 5.22. The zero-order valence-corrected chi connectivity index (χ0v) is 9.75. The second-order valence-corrected chi connectivity index (χ2v) is 3.99. The van der Waals surface area contributed by atoms with Crippen molar-refractivity contribution in [2.45, 2.75) is 26.3 Å². The van der Waals surface area contributed by atoms with Crippen LogP contribution < -0.4 is 5.32 Å². The summed E-state index contributed by atoms with van der Waals surface area (Å²) in [6.07, 6.45) is 0.839. The molecule has 1 rings (SSSR count). The van der Waals surface area contributed by atoms with Gasteiger partial charge in [0.05, 0.1) is 6.04 Å². The predicted molar refractivity (Wildman–Crippen MR) is 65.6 cm³/mol. The van der Waals surface area contributed by atoms with Crippen molar-refractivity contribution in [1.29, 1.82) is 0 Å². The molecule has 1 unspecified atom stereocenters. The van der Waals surface area contributed by atoms with Crippen LogP contribution in [0.25, 0.3) is 0 Å². The highest BCUT2D eigenvalue weighted by Gasteiger charge is 2.05. The molecule has 1 nitrogen and oxygen atoms in total. The average molecular weight is 201 g/mol. The van der Waals surface area contributed by atoms with Gasteiger partial charge in [-0.1, -0.05) is 56.0 Å². The van der Waals surface area contributed by atoms with Crippen molar-refractivity contribution in [1.82, 2.24) is 5.32 Å². The van der Waals surface area contributed by atoms with Crippen LogP contribution in [0.3, 0.4) is 0 Å². The van der Waals surface area contributed by atoms with Crippen LogP contribution in [-0.2, 0) is 6.42 Å². The Labute approximate surface area is 92.9 Å². The maximum Gasteiger partial charge on any atom is 0.0710 e. The molecule has 0 saturated heterocycles. The molecule has 1 atom stereocenters. The molecule has 0 saturated carbocycles. The van der Waals surface area contributed by atoms with E-state index in [0.717, 1.165) is 6.42 Å². The fourth-order valence-corrected chi connectivity index (χ4v) is 1.43. The van der Waals surface area contributed by atoms with E-state index in [1.165, 1.54) is 5.56 Å². The van der Waals surface area contributed by atoms with Gasteiger partial charge in [-0.3, -0.25) is 0 Å². The molecule has 1 aromatic carbocycles. The fourth-order valence-electron chi connectivity index (χ4n) is 1.43. The molecule has 0 radical (unpaired) electrons. The van der Waals surface area contributed by atoms with Crippen molar-refractivity contribution in [2.24, 2.45) is 5.92 Å². The first kappa shape index (κ1) is 11.8. The summed E-state index contributed by atoms with van der Waals surface area (Å²) in [7, 11) is 1.96. The van der Waals surface area contributed by atoms with Crippen molar-refractivity contribution >= 4 is 0 Å². The largest absolute Gasteiger partial charge is 0.307 e. The molecule has 0 aromatic heterocycles. The fraction of sp³-hybridized carbons (Fsp3) is 0.429. The Morgan fingerprint density at radius 3 is 2.40 bits per heavy atom. The Morgan fingerprint density at radius 2 is 1.87 bits per heavy atom. The van der Waals surface area contributed by atoms with E-state index in [4.69, 9.17) is 0 Å². The van der Waals surface area contributed by atoms with Gasteiger partial charge >= 0.3 is 0 Å². The van der Waals surface area contributed by atoms with E-state index in [0.29, 0.717) is 12.0 Å². The first-order valence-corrected chi connectivity index (χ1v) is 5.43.